The van der Waals surface area contributed by atoms with Crippen molar-refractivity contribution >= 4 is 28.4 Å². The standard InChI is InChI=1S/C44H54F3N7O3/c45-44(46,47)57-37-9-6-33(7-10-37)39-30-53(17-3-1-2-16-48)40-11-4-32(24-38(39)40)27-50-18-14-31(15-19-50)26-51-20-22-52(23-21-51)36-8-5-34-28-54(29-35(34)25-36)41-12-13-42(55)49-43(41)56/h4-11,24-25,30-31,41H,1-3,12-23,26-29,48H2,(H,49,55,56). The molecule has 0 aliphatic carbocycles. The average Bonchev–Trinajstić information content (AvgIpc) is 3.78. The molecule has 5 heterocycles. The topological polar surface area (TPSA) is 99.3 Å². The average molecular weight is 786 g/mol. The minimum absolute atomic E-state index is 0.167. The number of rotatable bonds is 13. The zero-order valence-electron chi connectivity index (χ0n) is 32.6. The summed E-state index contributed by atoms with van der Waals surface area (Å²) in [7, 11) is 0. The van der Waals surface area contributed by atoms with Gasteiger partial charge >= 0.3 is 6.36 Å². The summed E-state index contributed by atoms with van der Waals surface area (Å²) in [5.41, 5.74) is 13.8. The largest absolute Gasteiger partial charge is 0.573 e. The number of carbonyl (C=O) groups excluding carboxylic acids is 2. The molecule has 0 saturated carbocycles. The first-order valence-electron chi connectivity index (χ1n) is 20.7. The maximum atomic E-state index is 12.8. The number of aromatic nitrogens is 1. The lowest BCUT2D eigenvalue weighted by Gasteiger charge is -2.39. The zero-order chi connectivity index (χ0) is 39.5. The summed E-state index contributed by atoms with van der Waals surface area (Å²) in [6.45, 7) is 11.2. The number of unbranched alkanes of at least 4 members (excludes halogenated alkanes) is 2. The fraction of sp³-hybridized carbons (Fsp3) is 0.500. The van der Waals surface area contributed by atoms with E-state index in [1.165, 1.54) is 47.4 Å². The zero-order valence-corrected chi connectivity index (χ0v) is 32.6. The third-order valence-electron chi connectivity index (χ3n) is 12.4. The van der Waals surface area contributed by atoms with E-state index in [0.29, 0.717) is 25.3 Å². The summed E-state index contributed by atoms with van der Waals surface area (Å²) in [5, 5.41) is 3.61. The van der Waals surface area contributed by atoms with Gasteiger partial charge in [-0.25, -0.2) is 0 Å². The van der Waals surface area contributed by atoms with Gasteiger partial charge in [0.25, 0.3) is 0 Å². The van der Waals surface area contributed by atoms with Gasteiger partial charge in [-0.15, -0.1) is 13.2 Å². The highest BCUT2D eigenvalue weighted by Gasteiger charge is 2.35. The highest BCUT2D eigenvalue weighted by atomic mass is 19.4. The van der Waals surface area contributed by atoms with Crippen LogP contribution in [-0.4, -0.2) is 95.8 Å². The number of hydrogen-bond donors (Lipinski definition) is 2. The lowest BCUT2D eigenvalue weighted by molar-refractivity contribution is -0.274. The van der Waals surface area contributed by atoms with Gasteiger partial charge in [-0.05, 0) is 116 Å². The first-order valence-corrected chi connectivity index (χ1v) is 20.7. The number of piperazine rings is 1. The molecule has 1 atom stereocenters. The quantitative estimate of drug-likeness (QED) is 0.117. The number of nitrogens with two attached hydrogens (primary N) is 1. The number of likely N-dealkylation sites (tertiary alicyclic amines) is 1. The second-order valence-electron chi connectivity index (χ2n) is 16.3. The number of nitrogens with one attached hydrogen (secondary N) is 1. The van der Waals surface area contributed by atoms with Crippen LogP contribution in [0.3, 0.4) is 0 Å². The van der Waals surface area contributed by atoms with E-state index in [9.17, 15) is 22.8 Å². The van der Waals surface area contributed by atoms with E-state index >= 15 is 0 Å². The Bertz CT molecular complexity index is 2030. The van der Waals surface area contributed by atoms with Gasteiger partial charge in [0.05, 0.1) is 6.04 Å². The lowest BCUT2D eigenvalue weighted by Crippen LogP contribution is -2.50. The molecule has 1 unspecified atom stereocenters. The Morgan fingerprint density at radius 1 is 0.807 bits per heavy atom. The predicted octanol–water partition coefficient (Wildman–Crippen LogP) is 6.49. The highest BCUT2D eigenvalue weighted by Crippen LogP contribution is 2.35. The monoisotopic (exact) mass is 785 g/mol. The van der Waals surface area contributed by atoms with Crippen molar-refractivity contribution in [1.29, 1.82) is 0 Å². The summed E-state index contributed by atoms with van der Waals surface area (Å²) in [6, 6.07) is 19.4. The van der Waals surface area contributed by atoms with Crippen LogP contribution in [0.4, 0.5) is 18.9 Å². The van der Waals surface area contributed by atoms with Gasteiger partial charge in [0.1, 0.15) is 5.75 Å². The first-order chi connectivity index (χ1) is 27.6. The number of fused-ring (bicyclic) bond motifs is 2. The van der Waals surface area contributed by atoms with Gasteiger partial charge in [-0.2, -0.15) is 0 Å². The fourth-order valence-corrected chi connectivity index (χ4v) is 9.29. The van der Waals surface area contributed by atoms with Crippen LogP contribution in [0.25, 0.3) is 22.0 Å². The highest BCUT2D eigenvalue weighted by molar-refractivity contribution is 6.00. The molecule has 0 bridgehead atoms. The van der Waals surface area contributed by atoms with E-state index in [4.69, 9.17) is 5.73 Å². The minimum Gasteiger partial charge on any atom is -0.406 e. The molecule has 4 aliphatic heterocycles. The molecule has 57 heavy (non-hydrogen) atoms. The summed E-state index contributed by atoms with van der Waals surface area (Å²) < 4.78 is 44.8. The maximum Gasteiger partial charge on any atom is 0.573 e. The Labute approximate surface area is 332 Å². The van der Waals surface area contributed by atoms with Crippen LogP contribution in [0.5, 0.6) is 5.75 Å². The number of halogens is 3. The van der Waals surface area contributed by atoms with Gasteiger partial charge in [-0.1, -0.05) is 30.7 Å². The van der Waals surface area contributed by atoms with Crippen molar-refractivity contribution in [3.05, 3.63) is 83.6 Å². The number of alkyl halides is 3. The van der Waals surface area contributed by atoms with Crippen molar-refractivity contribution in [3.8, 4) is 16.9 Å². The number of aryl methyl sites for hydroxylation is 1. The maximum absolute atomic E-state index is 12.8. The molecule has 3 saturated heterocycles. The number of nitrogens with zero attached hydrogens (tertiary/aromatic N) is 5. The Morgan fingerprint density at radius 3 is 2.32 bits per heavy atom. The second kappa shape index (κ2) is 17.2. The van der Waals surface area contributed by atoms with E-state index in [1.54, 1.807) is 12.1 Å². The summed E-state index contributed by atoms with van der Waals surface area (Å²) in [4.78, 5) is 34.0. The molecule has 0 radical (unpaired) electrons. The Hall–Kier alpha value is -4.43. The Kier molecular flexibility index (Phi) is 11.9. The van der Waals surface area contributed by atoms with Crippen molar-refractivity contribution in [2.75, 3.05) is 57.3 Å². The minimum atomic E-state index is -4.72. The number of carbonyl (C=O) groups is 2. The molecule has 8 rings (SSSR count). The number of benzene rings is 3. The SMILES string of the molecule is NCCCCCn1cc(-c2ccc(OC(F)(F)F)cc2)c2cc(CN3CCC(CN4CCN(c5ccc6c(c5)CN(C5CCC(=O)NC5=O)C6)CC4)CC3)ccc21. The molecule has 4 aromatic rings. The van der Waals surface area contributed by atoms with Gasteiger partial charge in [0.2, 0.25) is 11.8 Å². The summed E-state index contributed by atoms with van der Waals surface area (Å²) >= 11 is 0. The second-order valence-corrected chi connectivity index (χ2v) is 16.3. The van der Waals surface area contributed by atoms with Gasteiger partial charge < -0.3 is 19.9 Å². The molecule has 3 aromatic carbocycles. The Morgan fingerprint density at radius 2 is 1.58 bits per heavy atom. The molecule has 0 spiro atoms. The van der Waals surface area contributed by atoms with Crippen molar-refractivity contribution in [2.45, 2.75) is 83.5 Å². The van der Waals surface area contributed by atoms with Crippen LogP contribution in [-0.2, 0) is 35.8 Å². The molecule has 3 N–H and O–H groups in total. The lowest BCUT2D eigenvalue weighted by atomic mass is 9.95. The number of piperidine rings is 2. The van der Waals surface area contributed by atoms with Crippen LogP contribution >= 0.6 is 0 Å². The molecule has 4 aliphatic rings. The third kappa shape index (κ3) is 9.49. The molecule has 13 heteroatoms. The van der Waals surface area contributed by atoms with E-state index in [-0.39, 0.29) is 23.6 Å². The third-order valence-corrected chi connectivity index (χ3v) is 12.4. The van der Waals surface area contributed by atoms with Crippen LogP contribution < -0.4 is 20.7 Å². The van der Waals surface area contributed by atoms with Crippen LogP contribution in [0.15, 0.2) is 66.9 Å². The van der Waals surface area contributed by atoms with Crippen molar-refractivity contribution < 1.29 is 27.5 Å². The molecular weight excluding hydrogens is 732 g/mol. The molecule has 2 amide bonds. The van der Waals surface area contributed by atoms with Gasteiger partial charge in [0.15, 0.2) is 0 Å². The van der Waals surface area contributed by atoms with Crippen molar-refractivity contribution in [2.24, 2.45) is 11.7 Å². The molecule has 304 valence electrons. The predicted molar refractivity (Wildman–Crippen MR) is 215 cm³/mol. The van der Waals surface area contributed by atoms with Crippen LogP contribution in [0.1, 0.15) is 61.6 Å². The number of amides is 2. The first kappa shape index (κ1) is 39.4. The van der Waals surface area contributed by atoms with E-state index in [1.807, 2.05) is 0 Å². The summed E-state index contributed by atoms with van der Waals surface area (Å²) in [5.74, 6) is 0.118. The number of imide groups is 1. The summed E-state index contributed by atoms with van der Waals surface area (Å²) in [6.07, 6.45) is 3.79. The van der Waals surface area contributed by atoms with E-state index < -0.39 is 6.36 Å². The van der Waals surface area contributed by atoms with E-state index in [0.717, 1.165) is 113 Å². The smallest absolute Gasteiger partial charge is 0.406 e. The van der Waals surface area contributed by atoms with Gasteiger partial charge in [-0.3, -0.25) is 29.6 Å². The van der Waals surface area contributed by atoms with Crippen molar-refractivity contribution in [1.82, 2.24) is 24.6 Å². The number of ether oxygens (including phenoxy) is 1. The molecular formula is C44H54F3N7O3. The van der Waals surface area contributed by atoms with E-state index in [2.05, 4.69) is 76.8 Å². The van der Waals surface area contributed by atoms with Crippen LogP contribution in [0.2, 0.25) is 0 Å². The normalized spacial score (nSPS) is 20.4. The number of hydrogen-bond acceptors (Lipinski definition) is 8. The Balaban J connectivity index is 0.833. The molecule has 10 nitrogen and oxygen atoms in total. The molecule has 3 fully saturated rings. The number of anilines is 1. The fourth-order valence-electron chi connectivity index (χ4n) is 9.29. The van der Waals surface area contributed by atoms with Crippen LogP contribution in [0, 0.1) is 5.92 Å². The molecule has 1 aromatic heterocycles. The van der Waals surface area contributed by atoms with Gasteiger partial charge in [0, 0.05) is 93.7 Å². The van der Waals surface area contributed by atoms with Crippen molar-refractivity contribution in [3.63, 3.8) is 0 Å².